The van der Waals surface area contributed by atoms with Gasteiger partial charge in [-0.25, -0.2) is 0 Å². The summed E-state index contributed by atoms with van der Waals surface area (Å²) in [5.41, 5.74) is 1.37. The molecule has 0 aliphatic carbocycles. The number of nitrogens with one attached hydrogen (secondary N) is 1. The van der Waals surface area contributed by atoms with E-state index in [0.717, 1.165) is 0 Å². The van der Waals surface area contributed by atoms with Crippen LogP contribution in [0.5, 0.6) is 0 Å². The maximum atomic E-state index is 10.7. The third-order valence-corrected chi connectivity index (χ3v) is 2.99. The normalized spacial score (nSPS) is 10.6. The molecule has 1 aromatic heterocycles. The molecule has 106 valence electrons. The third-order valence-electron chi connectivity index (χ3n) is 2.69. The van der Waals surface area contributed by atoms with E-state index in [9.17, 15) is 10.1 Å². The van der Waals surface area contributed by atoms with Crippen LogP contribution in [0.4, 0.5) is 11.4 Å². The maximum Gasteiger partial charge on any atom is 0.271 e. The second-order valence-corrected chi connectivity index (χ2v) is 4.70. The highest BCUT2D eigenvalue weighted by Gasteiger charge is 2.13. The van der Waals surface area contributed by atoms with E-state index >= 15 is 0 Å². The summed E-state index contributed by atoms with van der Waals surface area (Å²) in [6.07, 6.45) is 0.549. The van der Waals surface area contributed by atoms with E-state index in [0.29, 0.717) is 41.0 Å². The van der Waals surface area contributed by atoms with Crippen molar-refractivity contribution in [2.75, 3.05) is 11.9 Å². The monoisotopic (exact) mass is 296 g/mol. The fourth-order valence-corrected chi connectivity index (χ4v) is 2.12. The maximum absolute atomic E-state index is 10.7. The number of rotatable bonds is 5. The Kier molecular flexibility index (Phi) is 4.19. The molecule has 7 nitrogen and oxygen atoms in total. The number of aromatic nitrogens is 2. The van der Waals surface area contributed by atoms with Crippen LogP contribution in [0.15, 0.2) is 16.7 Å². The van der Waals surface area contributed by atoms with E-state index < -0.39 is 4.92 Å². The Hall–Kier alpha value is -2.15. The molecule has 0 radical (unpaired) electrons. The Labute approximate surface area is 120 Å². The molecular formula is C12H13ClN4O3. The molecule has 1 N–H and O–H groups in total. The molecule has 0 aliphatic heterocycles. The SMILES string of the molecule is Cc1noc(CCNc2c(C)cc([N+](=O)[O-])cc2Cl)n1. The minimum absolute atomic E-state index is 0.0226. The van der Waals surface area contributed by atoms with Crippen LogP contribution >= 0.6 is 11.6 Å². The molecule has 0 saturated carbocycles. The number of nitro groups is 1. The van der Waals surface area contributed by atoms with Crippen LogP contribution in [0.25, 0.3) is 0 Å². The lowest BCUT2D eigenvalue weighted by Crippen LogP contribution is -2.07. The highest BCUT2D eigenvalue weighted by Crippen LogP contribution is 2.30. The molecule has 20 heavy (non-hydrogen) atoms. The number of halogens is 1. The lowest BCUT2D eigenvalue weighted by atomic mass is 10.1. The van der Waals surface area contributed by atoms with Crippen LogP contribution in [0.1, 0.15) is 17.3 Å². The number of nitro benzene ring substituents is 1. The average molecular weight is 297 g/mol. The predicted octanol–water partition coefficient (Wildman–Crippen LogP) is 2.90. The number of benzene rings is 1. The molecule has 0 spiro atoms. The third kappa shape index (κ3) is 3.24. The Bertz CT molecular complexity index is 618. The average Bonchev–Trinajstić information content (AvgIpc) is 2.78. The number of hydrogen-bond donors (Lipinski definition) is 1. The van der Waals surface area contributed by atoms with Crippen molar-refractivity contribution in [3.05, 3.63) is 44.5 Å². The molecule has 0 unspecified atom stereocenters. The van der Waals surface area contributed by atoms with E-state index in [2.05, 4.69) is 15.5 Å². The molecule has 0 fully saturated rings. The van der Waals surface area contributed by atoms with Gasteiger partial charge in [-0.05, 0) is 19.4 Å². The van der Waals surface area contributed by atoms with E-state index in [-0.39, 0.29) is 5.69 Å². The van der Waals surface area contributed by atoms with Gasteiger partial charge in [0.2, 0.25) is 5.89 Å². The first-order valence-electron chi connectivity index (χ1n) is 5.95. The summed E-state index contributed by atoms with van der Waals surface area (Å²) in [7, 11) is 0. The summed E-state index contributed by atoms with van der Waals surface area (Å²) < 4.78 is 4.99. The molecule has 0 aliphatic rings. The smallest absolute Gasteiger partial charge is 0.271 e. The van der Waals surface area contributed by atoms with Gasteiger partial charge in [0.25, 0.3) is 5.69 Å². The second kappa shape index (κ2) is 5.87. The largest absolute Gasteiger partial charge is 0.383 e. The summed E-state index contributed by atoms with van der Waals surface area (Å²) in [5, 5.41) is 17.9. The topological polar surface area (TPSA) is 94.1 Å². The summed E-state index contributed by atoms with van der Waals surface area (Å²) in [4.78, 5) is 14.3. The molecule has 0 bridgehead atoms. The molecule has 2 aromatic rings. The Morgan fingerprint density at radius 3 is 2.75 bits per heavy atom. The Morgan fingerprint density at radius 1 is 1.45 bits per heavy atom. The first-order valence-corrected chi connectivity index (χ1v) is 6.33. The van der Waals surface area contributed by atoms with Crippen molar-refractivity contribution in [3.63, 3.8) is 0 Å². The first kappa shape index (κ1) is 14.3. The molecule has 0 amide bonds. The van der Waals surface area contributed by atoms with E-state index in [4.69, 9.17) is 16.1 Å². The fraction of sp³-hybridized carbons (Fsp3) is 0.333. The van der Waals surface area contributed by atoms with Gasteiger partial charge in [-0.1, -0.05) is 16.8 Å². The Morgan fingerprint density at radius 2 is 2.20 bits per heavy atom. The van der Waals surface area contributed by atoms with Crippen LogP contribution in [0, 0.1) is 24.0 Å². The lowest BCUT2D eigenvalue weighted by Gasteiger charge is -2.10. The van der Waals surface area contributed by atoms with Crippen molar-refractivity contribution < 1.29 is 9.45 Å². The molecule has 0 atom stereocenters. The van der Waals surface area contributed by atoms with Crippen molar-refractivity contribution in [3.8, 4) is 0 Å². The van der Waals surface area contributed by atoms with Gasteiger partial charge in [0.05, 0.1) is 15.6 Å². The van der Waals surface area contributed by atoms with Crippen molar-refractivity contribution in [1.82, 2.24) is 10.1 Å². The molecule has 1 aromatic carbocycles. The van der Waals surface area contributed by atoms with Crippen LogP contribution in [0.2, 0.25) is 5.02 Å². The first-order chi connectivity index (χ1) is 9.47. The number of nitrogens with zero attached hydrogens (tertiary/aromatic N) is 3. The highest BCUT2D eigenvalue weighted by atomic mass is 35.5. The second-order valence-electron chi connectivity index (χ2n) is 4.29. The predicted molar refractivity (Wildman–Crippen MR) is 74.1 cm³/mol. The number of hydrogen-bond acceptors (Lipinski definition) is 6. The van der Waals surface area contributed by atoms with Crippen molar-refractivity contribution >= 4 is 23.0 Å². The van der Waals surface area contributed by atoms with Crippen LogP contribution in [-0.4, -0.2) is 21.6 Å². The summed E-state index contributed by atoms with van der Waals surface area (Å²) in [6.45, 7) is 4.05. The molecular weight excluding hydrogens is 284 g/mol. The quantitative estimate of drug-likeness (QED) is 0.673. The number of aryl methyl sites for hydroxylation is 2. The molecule has 8 heteroatoms. The molecule has 2 rings (SSSR count). The van der Waals surface area contributed by atoms with Crippen LogP contribution in [0.3, 0.4) is 0 Å². The van der Waals surface area contributed by atoms with Crippen molar-refractivity contribution in [2.24, 2.45) is 0 Å². The van der Waals surface area contributed by atoms with Gasteiger partial charge in [-0.3, -0.25) is 10.1 Å². The zero-order valence-corrected chi connectivity index (χ0v) is 11.8. The zero-order chi connectivity index (χ0) is 14.7. The van der Waals surface area contributed by atoms with Crippen LogP contribution < -0.4 is 5.32 Å². The van der Waals surface area contributed by atoms with Crippen molar-refractivity contribution in [2.45, 2.75) is 20.3 Å². The summed E-state index contributed by atoms with van der Waals surface area (Å²) >= 11 is 6.05. The van der Waals surface area contributed by atoms with Gasteiger partial charge < -0.3 is 9.84 Å². The number of anilines is 1. The van der Waals surface area contributed by atoms with Gasteiger partial charge in [0.15, 0.2) is 5.82 Å². The minimum atomic E-state index is -0.468. The van der Waals surface area contributed by atoms with E-state index in [1.807, 2.05) is 0 Å². The summed E-state index contributed by atoms with van der Waals surface area (Å²) in [5.74, 6) is 1.12. The van der Waals surface area contributed by atoms with Gasteiger partial charge in [0, 0.05) is 25.1 Å². The number of non-ortho nitro benzene ring substituents is 1. The standard InChI is InChI=1S/C12H13ClN4O3/c1-7-5-9(17(18)19)6-10(13)12(7)14-4-3-11-15-8(2)16-20-11/h5-6,14H,3-4H2,1-2H3. The van der Waals surface area contributed by atoms with Gasteiger partial charge >= 0.3 is 0 Å². The Balaban J connectivity index is 2.04. The molecule has 0 saturated heterocycles. The minimum Gasteiger partial charge on any atom is -0.383 e. The van der Waals surface area contributed by atoms with Gasteiger partial charge in [-0.15, -0.1) is 0 Å². The van der Waals surface area contributed by atoms with Gasteiger partial charge in [-0.2, -0.15) is 4.98 Å². The van der Waals surface area contributed by atoms with Gasteiger partial charge in [0.1, 0.15) is 0 Å². The highest BCUT2D eigenvalue weighted by molar-refractivity contribution is 6.33. The molecule has 1 heterocycles. The van der Waals surface area contributed by atoms with Crippen LogP contribution in [-0.2, 0) is 6.42 Å². The van der Waals surface area contributed by atoms with E-state index in [1.165, 1.54) is 12.1 Å². The zero-order valence-electron chi connectivity index (χ0n) is 11.0. The van der Waals surface area contributed by atoms with Crippen molar-refractivity contribution in [1.29, 1.82) is 0 Å². The van der Waals surface area contributed by atoms with E-state index in [1.54, 1.807) is 13.8 Å². The fourth-order valence-electron chi connectivity index (χ4n) is 1.79. The lowest BCUT2D eigenvalue weighted by molar-refractivity contribution is -0.384. The summed E-state index contributed by atoms with van der Waals surface area (Å²) in [6, 6.07) is 2.80.